The van der Waals surface area contributed by atoms with Crippen molar-refractivity contribution in [1.82, 2.24) is 0 Å². The molecule has 2 atom stereocenters. The van der Waals surface area contributed by atoms with Gasteiger partial charge in [-0.3, -0.25) is 0 Å². The lowest BCUT2D eigenvalue weighted by Crippen LogP contribution is -2.23. The molecule has 0 aromatic heterocycles. The Morgan fingerprint density at radius 1 is 1.32 bits per heavy atom. The summed E-state index contributed by atoms with van der Waals surface area (Å²) in [6.07, 6.45) is -3.57. The van der Waals surface area contributed by atoms with Gasteiger partial charge < -0.3 is 5.32 Å². The Kier molecular flexibility index (Phi) is 4.82. The maximum atomic E-state index is 12.8. The maximum absolute atomic E-state index is 12.8. The molecule has 2 unspecified atom stereocenters. The highest BCUT2D eigenvalue weighted by Gasteiger charge is 2.33. The van der Waals surface area contributed by atoms with Crippen molar-refractivity contribution in [3.8, 4) is 6.07 Å². The van der Waals surface area contributed by atoms with E-state index >= 15 is 0 Å². The van der Waals surface area contributed by atoms with Crippen LogP contribution in [0.2, 0.25) is 0 Å². The predicted octanol–water partition coefficient (Wildman–Crippen LogP) is 4.42. The second-order valence-electron chi connectivity index (χ2n) is 4.69. The van der Waals surface area contributed by atoms with E-state index in [1.54, 1.807) is 6.07 Å². The van der Waals surface area contributed by atoms with Crippen LogP contribution >= 0.6 is 0 Å². The van der Waals surface area contributed by atoms with Crippen molar-refractivity contribution in [2.24, 2.45) is 5.92 Å². The molecule has 0 amide bonds. The van der Waals surface area contributed by atoms with E-state index in [9.17, 15) is 13.2 Å². The summed E-state index contributed by atoms with van der Waals surface area (Å²) in [5.74, 6) is 0.352. The smallest absolute Gasteiger partial charge is 0.382 e. The number of halogens is 3. The van der Waals surface area contributed by atoms with E-state index in [0.717, 1.165) is 12.5 Å². The van der Waals surface area contributed by atoms with E-state index in [4.69, 9.17) is 5.26 Å². The van der Waals surface area contributed by atoms with Gasteiger partial charge in [-0.25, -0.2) is 0 Å². The third kappa shape index (κ3) is 3.88. The van der Waals surface area contributed by atoms with Crippen LogP contribution in [0.5, 0.6) is 0 Å². The lowest BCUT2D eigenvalue weighted by atomic mass is 10.00. The van der Waals surface area contributed by atoms with Gasteiger partial charge in [-0.1, -0.05) is 20.3 Å². The lowest BCUT2D eigenvalue weighted by Gasteiger charge is -2.22. The fourth-order valence-electron chi connectivity index (χ4n) is 1.72. The second-order valence-corrected chi connectivity index (χ2v) is 4.69. The molecule has 0 aliphatic rings. The fourth-order valence-corrected chi connectivity index (χ4v) is 1.72. The molecule has 0 heterocycles. The van der Waals surface area contributed by atoms with E-state index in [1.807, 2.05) is 20.8 Å². The van der Waals surface area contributed by atoms with E-state index in [0.29, 0.717) is 11.6 Å². The quantitative estimate of drug-likeness (QED) is 0.878. The molecular weight excluding hydrogens is 253 g/mol. The van der Waals surface area contributed by atoms with Crippen LogP contribution in [-0.2, 0) is 6.18 Å². The molecule has 1 aromatic rings. The number of hydrogen-bond acceptors (Lipinski definition) is 2. The molecule has 104 valence electrons. The average Bonchev–Trinajstić information content (AvgIpc) is 2.36. The molecule has 0 radical (unpaired) electrons. The van der Waals surface area contributed by atoms with Crippen LogP contribution in [0.25, 0.3) is 0 Å². The molecule has 0 saturated heterocycles. The van der Waals surface area contributed by atoms with Crippen LogP contribution in [0.15, 0.2) is 18.2 Å². The summed E-state index contributed by atoms with van der Waals surface area (Å²) in [5, 5.41) is 11.8. The zero-order chi connectivity index (χ0) is 14.6. The van der Waals surface area contributed by atoms with Crippen LogP contribution in [0.1, 0.15) is 38.3 Å². The van der Waals surface area contributed by atoms with Gasteiger partial charge in [-0.2, -0.15) is 18.4 Å². The van der Waals surface area contributed by atoms with Gasteiger partial charge in [-0.05, 0) is 31.0 Å². The van der Waals surface area contributed by atoms with Crippen molar-refractivity contribution in [3.63, 3.8) is 0 Å². The monoisotopic (exact) mass is 270 g/mol. The summed E-state index contributed by atoms with van der Waals surface area (Å²) in [5.41, 5.74) is -0.857. The van der Waals surface area contributed by atoms with E-state index < -0.39 is 11.7 Å². The number of nitriles is 1. The van der Waals surface area contributed by atoms with Gasteiger partial charge in [0.05, 0.1) is 17.2 Å². The first-order valence-electron chi connectivity index (χ1n) is 6.17. The van der Waals surface area contributed by atoms with Crippen LogP contribution in [0.4, 0.5) is 18.9 Å². The van der Waals surface area contributed by atoms with E-state index in [-0.39, 0.29) is 11.6 Å². The molecule has 0 fully saturated rings. The molecular formula is C14H17F3N2. The Hall–Kier alpha value is -1.70. The molecule has 1 aromatic carbocycles. The normalized spacial score (nSPS) is 14.6. The maximum Gasteiger partial charge on any atom is 0.417 e. The summed E-state index contributed by atoms with van der Waals surface area (Å²) in [4.78, 5) is 0. The first-order chi connectivity index (χ1) is 8.79. The van der Waals surface area contributed by atoms with Crippen molar-refractivity contribution >= 4 is 5.69 Å². The Bertz CT molecular complexity index is 475. The summed E-state index contributed by atoms with van der Waals surface area (Å²) in [7, 11) is 0. The number of alkyl halides is 3. The number of benzene rings is 1. The second kappa shape index (κ2) is 5.96. The minimum atomic E-state index is -4.51. The minimum Gasteiger partial charge on any atom is -0.382 e. The van der Waals surface area contributed by atoms with Crippen molar-refractivity contribution in [2.45, 2.75) is 39.4 Å². The largest absolute Gasteiger partial charge is 0.417 e. The Morgan fingerprint density at radius 2 is 1.95 bits per heavy atom. The van der Waals surface area contributed by atoms with Crippen molar-refractivity contribution in [2.75, 3.05) is 5.32 Å². The Balaban J connectivity index is 3.03. The molecule has 0 aliphatic heterocycles. The SMILES string of the molecule is CCC(C)C(C)Nc1ccc(C#N)c(C(F)(F)F)c1. The van der Waals surface area contributed by atoms with Gasteiger partial charge in [-0.15, -0.1) is 0 Å². The van der Waals surface area contributed by atoms with Crippen molar-refractivity contribution in [3.05, 3.63) is 29.3 Å². The summed E-state index contributed by atoms with van der Waals surface area (Å²) in [6, 6.07) is 5.34. The molecule has 5 heteroatoms. The first-order valence-corrected chi connectivity index (χ1v) is 6.17. The van der Waals surface area contributed by atoms with Crippen LogP contribution in [0, 0.1) is 17.2 Å². The van der Waals surface area contributed by atoms with Gasteiger partial charge >= 0.3 is 6.18 Å². The van der Waals surface area contributed by atoms with E-state index in [1.165, 1.54) is 12.1 Å². The molecule has 19 heavy (non-hydrogen) atoms. The number of rotatable bonds is 4. The lowest BCUT2D eigenvalue weighted by molar-refractivity contribution is -0.137. The number of nitrogens with zero attached hydrogens (tertiary/aromatic N) is 1. The average molecular weight is 270 g/mol. The van der Waals surface area contributed by atoms with Gasteiger partial charge in [0.25, 0.3) is 0 Å². The zero-order valence-electron chi connectivity index (χ0n) is 11.2. The topological polar surface area (TPSA) is 35.8 Å². The Morgan fingerprint density at radius 3 is 2.42 bits per heavy atom. The molecule has 0 spiro atoms. The van der Waals surface area contributed by atoms with Crippen molar-refractivity contribution in [1.29, 1.82) is 5.26 Å². The van der Waals surface area contributed by atoms with Gasteiger partial charge in [0.2, 0.25) is 0 Å². The standard InChI is InChI=1S/C14H17F3N2/c1-4-9(2)10(3)19-12-6-5-11(8-18)13(7-12)14(15,16)17/h5-7,9-10,19H,4H2,1-3H3. The molecule has 0 aliphatic carbocycles. The molecule has 0 saturated carbocycles. The van der Waals surface area contributed by atoms with E-state index in [2.05, 4.69) is 5.32 Å². The summed E-state index contributed by atoms with van der Waals surface area (Å²) in [6.45, 7) is 5.99. The third-order valence-electron chi connectivity index (χ3n) is 3.34. The molecule has 1 N–H and O–H groups in total. The Labute approximate surface area is 111 Å². The first kappa shape index (κ1) is 15.4. The fraction of sp³-hybridized carbons (Fsp3) is 0.500. The zero-order valence-corrected chi connectivity index (χ0v) is 11.2. The highest BCUT2D eigenvalue weighted by Crippen LogP contribution is 2.33. The molecule has 0 bridgehead atoms. The number of hydrogen-bond donors (Lipinski definition) is 1. The molecule has 1 rings (SSSR count). The number of anilines is 1. The van der Waals surface area contributed by atoms with Crippen LogP contribution < -0.4 is 5.32 Å². The van der Waals surface area contributed by atoms with Gasteiger partial charge in [0, 0.05) is 11.7 Å². The third-order valence-corrected chi connectivity index (χ3v) is 3.34. The summed E-state index contributed by atoms with van der Waals surface area (Å²) < 4.78 is 38.4. The van der Waals surface area contributed by atoms with Crippen molar-refractivity contribution < 1.29 is 13.2 Å². The predicted molar refractivity (Wildman–Crippen MR) is 68.7 cm³/mol. The van der Waals surface area contributed by atoms with Gasteiger partial charge in [0.1, 0.15) is 0 Å². The highest BCUT2D eigenvalue weighted by molar-refractivity contribution is 5.53. The highest BCUT2D eigenvalue weighted by atomic mass is 19.4. The van der Waals surface area contributed by atoms with Gasteiger partial charge in [0.15, 0.2) is 0 Å². The summed E-state index contributed by atoms with van der Waals surface area (Å²) >= 11 is 0. The molecule has 2 nitrogen and oxygen atoms in total. The van der Waals surface area contributed by atoms with Crippen LogP contribution in [0.3, 0.4) is 0 Å². The minimum absolute atomic E-state index is 0.0685. The van der Waals surface area contributed by atoms with Crippen LogP contribution in [-0.4, -0.2) is 6.04 Å². The number of nitrogens with one attached hydrogen (secondary N) is 1.